The van der Waals surface area contributed by atoms with Crippen molar-refractivity contribution >= 4 is 0 Å². The molecule has 0 aromatic carbocycles. The van der Waals surface area contributed by atoms with Crippen molar-refractivity contribution in [1.82, 2.24) is 4.90 Å². The zero-order valence-corrected chi connectivity index (χ0v) is 11.7. The number of likely N-dealkylation sites (N-methyl/N-ethyl adjacent to an activating group) is 1. The first-order valence-electron chi connectivity index (χ1n) is 6.84. The van der Waals surface area contributed by atoms with E-state index >= 15 is 0 Å². The highest BCUT2D eigenvalue weighted by Gasteiger charge is 2.23. The van der Waals surface area contributed by atoms with Gasteiger partial charge in [0.05, 0.1) is 25.9 Å². The van der Waals surface area contributed by atoms with Gasteiger partial charge in [0.2, 0.25) is 0 Å². The van der Waals surface area contributed by atoms with E-state index in [0.717, 1.165) is 25.7 Å². The van der Waals surface area contributed by atoms with E-state index in [1.54, 1.807) is 7.11 Å². The molecule has 1 rings (SSSR count). The number of nitrogens with two attached hydrogens (primary N) is 1. The molecule has 1 unspecified atom stereocenters. The van der Waals surface area contributed by atoms with Crippen molar-refractivity contribution in [2.24, 2.45) is 5.73 Å². The molecule has 0 bridgehead atoms. The third-order valence-electron chi connectivity index (χ3n) is 3.61. The summed E-state index contributed by atoms with van der Waals surface area (Å²) in [6, 6.07) is 0.926. The van der Waals surface area contributed by atoms with E-state index < -0.39 is 6.10 Å². The lowest BCUT2D eigenvalue weighted by Gasteiger charge is -2.34. The standard InChI is InChI=1S/C13H28N2O3/c1-15(12-5-3-11(14)4-6-12)9-13(16)10-18-8-7-17-2/h11-13,16H,3-10,14H2,1-2H3. The van der Waals surface area contributed by atoms with Gasteiger partial charge in [-0.1, -0.05) is 0 Å². The van der Waals surface area contributed by atoms with E-state index in [1.165, 1.54) is 0 Å². The minimum Gasteiger partial charge on any atom is -0.389 e. The van der Waals surface area contributed by atoms with Crippen LogP contribution in [0.5, 0.6) is 0 Å². The van der Waals surface area contributed by atoms with Gasteiger partial charge in [0.1, 0.15) is 0 Å². The van der Waals surface area contributed by atoms with Crippen LogP contribution in [-0.4, -0.2) is 68.7 Å². The highest BCUT2D eigenvalue weighted by Crippen LogP contribution is 2.21. The number of aliphatic hydroxyl groups excluding tert-OH is 1. The Morgan fingerprint density at radius 2 is 1.94 bits per heavy atom. The van der Waals surface area contributed by atoms with E-state index in [9.17, 15) is 5.11 Å². The predicted octanol–water partition coefficient (Wildman–Crippen LogP) is 0.212. The number of rotatable bonds is 8. The van der Waals surface area contributed by atoms with Crippen molar-refractivity contribution in [3.8, 4) is 0 Å². The van der Waals surface area contributed by atoms with Gasteiger partial charge in [0, 0.05) is 25.7 Å². The van der Waals surface area contributed by atoms with E-state index in [-0.39, 0.29) is 0 Å². The summed E-state index contributed by atoms with van der Waals surface area (Å²) in [5, 5.41) is 9.87. The SMILES string of the molecule is COCCOCC(O)CN(C)C1CCC(N)CC1. The highest BCUT2D eigenvalue weighted by atomic mass is 16.5. The van der Waals surface area contributed by atoms with Gasteiger partial charge in [0.15, 0.2) is 0 Å². The summed E-state index contributed by atoms with van der Waals surface area (Å²) >= 11 is 0. The molecule has 5 heteroatoms. The summed E-state index contributed by atoms with van der Waals surface area (Å²) < 4.78 is 10.2. The van der Waals surface area contributed by atoms with Crippen LogP contribution in [-0.2, 0) is 9.47 Å². The number of hydrogen-bond donors (Lipinski definition) is 2. The Balaban J connectivity index is 2.12. The van der Waals surface area contributed by atoms with Gasteiger partial charge in [-0.05, 0) is 32.7 Å². The molecular formula is C13H28N2O3. The van der Waals surface area contributed by atoms with Crippen LogP contribution in [0.15, 0.2) is 0 Å². The Morgan fingerprint density at radius 1 is 1.28 bits per heavy atom. The molecule has 1 aliphatic rings. The molecule has 0 aromatic heterocycles. The maximum atomic E-state index is 9.87. The summed E-state index contributed by atoms with van der Waals surface area (Å²) in [5.41, 5.74) is 5.89. The van der Waals surface area contributed by atoms with Crippen molar-refractivity contribution < 1.29 is 14.6 Å². The average molecular weight is 260 g/mol. The van der Waals surface area contributed by atoms with Crippen LogP contribution >= 0.6 is 0 Å². The molecule has 18 heavy (non-hydrogen) atoms. The maximum Gasteiger partial charge on any atom is 0.0900 e. The third kappa shape index (κ3) is 6.11. The number of hydrogen-bond acceptors (Lipinski definition) is 5. The first-order valence-corrected chi connectivity index (χ1v) is 6.84. The molecule has 1 fully saturated rings. The molecule has 1 aliphatic carbocycles. The van der Waals surface area contributed by atoms with E-state index in [2.05, 4.69) is 11.9 Å². The van der Waals surface area contributed by atoms with E-state index in [1.807, 2.05) is 0 Å². The molecule has 0 aliphatic heterocycles. The molecular weight excluding hydrogens is 232 g/mol. The highest BCUT2D eigenvalue weighted by molar-refractivity contribution is 4.80. The number of nitrogens with zero attached hydrogens (tertiary/aromatic N) is 1. The minimum atomic E-state index is -0.428. The van der Waals surface area contributed by atoms with Crippen molar-refractivity contribution in [1.29, 1.82) is 0 Å². The van der Waals surface area contributed by atoms with E-state index in [4.69, 9.17) is 15.2 Å². The van der Waals surface area contributed by atoms with Crippen LogP contribution in [0.1, 0.15) is 25.7 Å². The third-order valence-corrected chi connectivity index (χ3v) is 3.61. The summed E-state index contributed by atoms with van der Waals surface area (Å²) in [6.45, 7) is 2.14. The molecule has 108 valence electrons. The summed E-state index contributed by atoms with van der Waals surface area (Å²) in [6.07, 6.45) is 4.02. The zero-order chi connectivity index (χ0) is 13.4. The molecule has 3 N–H and O–H groups in total. The van der Waals surface area contributed by atoms with Gasteiger partial charge in [-0.15, -0.1) is 0 Å². The normalized spacial score (nSPS) is 26.5. The fraction of sp³-hybridized carbons (Fsp3) is 1.00. The van der Waals surface area contributed by atoms with E-state index in [0.29, 0.717) is 38.4 Å². The zero-order valence-electron chi connectivity index (χ0n) is 11.7. The van der Waals surface area contributed by atoms with Crippen LogP contribution in [0.25, 0.3) is 0 Å². The second kappa shape index (κ2) is 8.82. The van der Waals surface area contributed by atoms with Crippen LogP contribution in [0.3, 0.4) is 0 Å². The Hall–Kier alpha value is -0.200. The van der Waals surface area contributed by atoms with Crippen LogP contribution < -0.4 is 5.73 Å². The Kier molecular flexibility index (Phi) is 7.77. The van der Waals surface area contributed by atoms with Crippen molar-refractivity contribution in [2.45, 2.75) is 43.9 Å². The number of ether oxygens (including phenoxy) is 2. The van der Waals surface area contributed by atoms with Gasteiger partial charge in [0.25, 0.3) is 0 Å². The summed E-state index contributed by atoms with van der Waals surface area (Å²) in [5.74, 6) is 0. The van der Waals surface area contributed by atoms with Crippen LogP contribution in [0.4, 0.5) is 0 Å². The summed E-state index contributed by atoms with van der Waals surface area (Å²) in [7, 11) is 3.71. The Morgan fingerprint density at radius 3 is 2.56 bits per heavy atom. The Labute approximate surface area is 110 Å². The van der Waals surface area contributed by atoms with Gasteiger partial charge < -0.3 is 25.2 Å². The molecule has 1 saturated carbocycles. The monoisotopic (exact) mass is 260 g/mol. The minimum absolute atomic E-state index is 0.372. The van der Waals surface area contributed by atoms with Crippen molar-refractivity contribution in [2.75, 3.05) is 40.5 Å². The van der Waals surface area contributed by atoms with Gasteiger partial charge >= 0.3 is 0 Å². The largest absolute Gasteiger partial charge is 0.389 e. The van der Waals surface area contributed by atoms with Gasteiger partial charge in [-0.3, -0.25) is 0 Å². The fourth-order valence-electron chi connectivity index (χ4n) is 2.44. The molecule has 0 aromatic rings. The summed E-state index contributed by atoms with van der Waals surface area (Å²) in [4.78, 5) is 2.23. The van der Waals surface area contributed by atoms with Crippen molar-refractivity contribution in [3.63, 3.8) is 0 Å². The molecule has 0 amide bonds. The second-order valence-electron chi connectivity index (χ2n) is 5.23. The average Bonchev–Trinajstić information content (AvgIpc) is 2.35. The maximum absolute atomic E-state index is 9.87. The van der Waals surface area contributed by atoms with Crippen molar-refractivity contribution in [3.05, 3.63) is 0 Å². The lowest BCUT2D eigenvalue weighted by molar-refractivity contribution is -0.00459. The fourth-order valence-corrected chi connectivity index (χ4v) is 2.44. The smallest absolute Gasteiger partial charge is 0.0900 e. The van der Waals surface area contributed by atoms with Gasteiger partial charge in [-0.25, -0.2) is 0 Å². The Bertz CT molecular complexity index is 208. The predicted molar refractivity (Wildman–Crippen MR) is 71.6 cm³/mol. The topological polar surface area (TPSA) is 68.0 Å². The molecule has 5 nitrogen and oxygen atoms in total. The number of methoxy groups -OCH3 is 1. The lowest BCUT2D eigenvalue weighted by Crippen LogP contribution is -2.42. The van der Waals surface area contributed by atoms with Crippen LogP contribution in [0, 0.1) is 0 Å². The molecule has 0 heterocycles. The molecule has 0 saturated heterocycles. The number of aliphatic hydroxyl groups is 1. The first kappa shape index (κ1) is 15.9. The molecule has 0 spiro atoms. The van der Waals surface area contributed by atoms with Crippen LogP contribution in [0.2, 0.25) is 0 Å². The first-order chi connectivity index (χ1) is 8.63. The van der Waals surface area contributed by atoms with Gasteiger partial charge in [-0.2, -0.15) is 0 Å². The second-order valence-corrected chi connectivity index (χ2v) is 5.23. The molecule has 0 radical (unpaired) electrons. The molecule has 1 atom stereocenters. The lowest BCUT2D eigenvalue weighted by atomic mass is 9.91. The quantitative estimate of drug-likeness (QED) is 0.611.